The predicted octanol–water partition coefficient (Wildman–Crippen LogP) is 2.26. The van der Waals surface area contributed by atoms with Gasteiger partial charge in [0.05, 0.1) is 19.3 Å². The van der Waals surface area contributed by atoms with Crippen LogP contribution in [0.25, 0.3) is 0 Å². The normalized spacial score (nSPS) is 26.1. The van der Waals surface area contributed by atoms with Crippen molar-refractivity contribution in [2.45, 2.75) is 25.3 Å². The Morgan fingerprint density at radius 1 is 1.35 bits per heavy atom. The third-order valence-electron chi connectivity index (χ3n) is 4.38. The molecule has 0 bridgehead atoms. The summed E-state index contributed by atoms with van der Waals surface area (Å²) in [5.74, 6) is 0.817. The van der Waals surface area contributed by atoms with Gasteiger partial charge in [0.15, 0.2) is 0 Å². The van der Waals surface area contributed by atoms with Crippen molar-refractivity contribution in [3.63, 3.8) is 0 Å². The lowest BCUT2D eigenvalue weighted by Gasteiger charge is -2.37. The maximum atomic E-state index is 12.7. The first-order valence-corrected chi connectivity index (χ1v) is 7.84. The Morgan fingerprint density at radius 3 is 2.95 bits per heavy atom. The highest BCUT2D eigenvalue weighted by Crippen LogP contribution is 2.27. The number of halogens is 1. The van der Waals surface area contributed by atoms with Crippen molar-refractivity contribution in [2.75, 3.05) is 25.6 Å². The van der Waals surface area contributed by atoms with Crippen LogP contribution < -0.4 is 0 Å². The Labute approximate surface area is 124 Å². The Kier molecular flexibility index (Phi) is 4.27. The molecule has 1 aromatic rings. The smallest absolute Gasteiger partial charge is 0.226 e. The Balaban J connectivity index is 1.72. The highest BCUT2D eigenvalue weighted by Gasteiger charge is 2.33. The van der Waals surface area contributed by atoms with Crippen LogP contribution in [0.3, 0.4) is 0 Å². The number of morpholine rings is 1. The maximum Gasteiger partial charge on any atom is 0.226 e. The molecule has 20 heavy (non-hydrogen) atoms. The van der Waals surface area contributed by atoms with E-state index in [4.69, 9.17) is 16.3 Å². The van der Waals surface area contributed by atoms with Gasteiger partial charge in [0, 0.05) is 18.3 Å². The summed E-state index contributed by atoms with van der Waals surface area (Å²) >= 11 is 5.97. The number of aryl methyl sites for hydroxylation is 1. The molecule has 0 N–H and O–H groups in total. The predicted molar refractivity (Wildman–Crippen MR) is 79.0 cm³/mol. The number of ether oxygens (including phenoxy) is 1. The molecule has 0 radical (unpaired) electrons. The van der Waals surface area contributed by atoms with Gasteiger partial charge in [0.1, 0.15) is 0 Å². The largest absolute Gasteiger partial charge is 0.377 e. The van der Waals surface area contributed by atoms with Crippen LogP contribution in [0.5, 0.6) is 0 Å². The van der Waals surface area contributed by atoms with Gasteiger partial charge in [-0.1, -0.05) is 24.3 Å². The third kappa shape index (κ3) is 2.70. The van der Waals surface area contributed by atoms with Gasteiger partial charge in [0.2, 0.25) is 5.91 Å². The molecule has 0 aromatic heterocycles. The Bertz CT molecular complexity index is 491. The summed E-state index contributed by atoms with van der Waals surface area (Å²) in [7, 11) is 0. The van der Waals surface area contributed by atoms with Gasteiger partial charge in [-0.3, -0.25) is 4.79 Å². The average molecular weight is 294 g/mol. The summed E-state index contributed by atoms with van der Waals surface area (Å²) in [6.07, 6.45) is 2.81. The van der Waals surface area contributed by atoms with Crippen molar-refractivity contribution in [2.24, 2.45) is 5.92 Å². The second-order valence-corrected chi connectivity index (χ2v) is 5.93. The highest BCUT2D eigenvalue weighted by molar-refractivity contribution is 6.18. The summed E-state index contributed by atoms with van der Waals surface area (Å²) < 4.78 is 5.42. The van der Waals surface area contributed by atoms with Crippen molar-refractivity contribution < 1.29 is 9.53 Å². The van der Waals surface area contributed by atoms with Crippen LogP contribution in [0.15, 0.2) is 24.3 Å². The number of nitrogens with zero attached hydrogens (tertiary/aromatic N) is 1. The van der Waals surface area contributed by atoms with Crippen molar-refractivity contribution in [1.29, 1.82) is 0 Å². The zero-order valence-corrected chi connectivity index (χ0v) is 12.3. The molecule has 4 heteroatoms. The quantitative estimate of drug-likeness (QED) is 0.783. The SMILES string of the molecule is O=C(C1CCc2ccccc2C1)N1CCOCC1CCl. The molecule has 2 aliphatic rings. The average Bonchev–Trinajstić information content (AvgIpc) is 2.53. The van der Waals surface area contributed by atoms with Crippen LogP contribution in [-0.2, 0) is 22.4 Å². The minimum Gasteiger partial charge on any atom is -0.377 e. The van der Waals surface area contributed by atoms with Gasteiger partial charge >= 0.3 is 0 Å². The maximum absolute atomic E-state index is 12.7. The number of hydrogen-bond acceptors (Lipinski definition) is 2. The molecule has 1 fully saturated rings. The lowest BCUT2D eigenvalue weighted by molar-refractivity contribution is -0.143. The molecule has 1 heterocycles. The Morgan fingerprint density at radius 2 is 2.15 bits per heavy atom. The van der Waals surface area contributed by atoms with E-state index in [9.17, 15) is 4.79 Å². The van der Waals surface area contributed by atoms with Gasteiger partial charge in [0.25, 0.3) is 0 Å². The van der Waals surface area contributed by atoms with Crippen LogP contribution >= 0.6 is 11.6 Å². The number of amides is 1. The van der Waals surface area contributed by atoms with E-state index in [1.165, 1.54) is 11.1 Å². The van der Waals surface area contributed by atoms with E-state index >= 15 is 0 Å². The van der Waals surface area contributed by atoms with E-state index in [2.05, 4.69) is 24.3 Å². The molecule has 1 aromatic carbocycles. The van der Waals surface area contributed by atoms with Gasteiger partial charge in [-0.2, -0.15) is 0 Å². The number of alkyl halides is 1. The second kappa shape index (κ2) is 6.15. The van der Waals surface area contributed by atoms with Crippen LogP contribution in [-0.4, -0.2) is 42.5 Å². The van der Waals surface area contributed by atoms with Crippen LogP contribution in [0, 0.1) is 5.92 Å². The topological polar surface area (TPSA) is 29.5 Å². The number of carbonyl (C=O) groups excluding carboxylic acids is 1. The summed E-state index contributed by atoms with van der Waals surface area (Å²) in [4.78, 5) is 14.7. The van der Waals surface area contributed by atoms with Crippen molar-refractivity contribution >= 4 is 17.5 Å². The third-order valence-corrected chi connectivity index (χ3v) is 4.74. The van der Waals surface area contributed by atoms with Crippen LogP contribution in [0.4, 0.5) is 0 Å². The number of rotatable bonds is 2. The second-order valence-electron chi connectivity index (χ2n) is 5.62. The lowest BCUT2D eigenvalue weighted by Crippen LogP contribution is -2.52. The summed E-state index contributed by atoms with van der Waals surface area (Å²) in [5, 5.41) is 0. The van der Waals surface area contributed by atoms with E-state index in [-0.39, 0.29) is 17.9 Å². The molecule has 1 amide bonds. The first-order chi connectivity index (χ1) is 9.79. The molecule has 1 saturated heterocycles. The number of hydrogen-bond donors (Lipinski definition) is 0. The minimum atomic E-state index is 0.0371. The van der Waals surface area contributed by atoms with E-state index in [0.29, 0.717) is 25.6 Å². The molecular weight excluding hydrogens is 274 g/mol. The molecule has 0 spiro atoms. The zero-order chi connectivity index (χ0) is 13.9. The van der Waals surface area contributed by atoms with Crippen LogP contribution in [0.1, 0.15) is 17.5 Å². The first-order valence-electron chi connectivity index (χ1n) is 7.30. The molecular formula is C16H20ClNO2. The molecule has 2 atom stereocenters. The molecule has 1 aliphatic heterocycles. The molecule has 3 nitrogen and oxygen atoms in total. The Hall–Kier alpha value is -1.06. The van der Waals surface area contributed by atoms with Crippen LogP contribution in [0.2, 0.25) is 0 Å². The minimum absolute atomic E-state index is 0.0371. The fourth-order valence-electron chi connectivity index (χ4n) is 3.22. The monoisotopic (exact) mass is 293 g/mol. The van der Waals surface area contributed by atoms with E-state index < -0.39 is 0 Å². The number of benzene rings is 1. The summed E-state index contributed by atoms with van der Waals surface area (Å²) in [6.45, 7) is 1.87. The highest BCUT2D eigenvalue weighted by atomic mass is 35.5. The van der Waals surface area contributed by atoms with E-state index in [0.717, 1.165) is 19.3 Å². The van der Waals surface area contributed by atoms with Crippen molar-refractivity contribution in [1.82, 2.24) is 4.90 Å². The molecule has 2 unspecified atom stereocenters. The fourth-order valence-corrected chi connectivity index (χ4v) is 3.47. The first kappa shape index (κ1) is 13.9. The number of fused-ring (bicyclic) bond motifs is 1. The van der Waals surface area contributed by atoms with Gasteiger partial charge in [-0.05, 0) is 30.4 Å². The molecule has 3 rings (SSSR count). The number of carbonyl (C=O) groups is 1. The molecule has 1 aliphatic carbocycles. The zero-order valence-electron chi connectivity index (χ0n) is 11.6. The standard InChI is InChI=1S/C16H20ClNO2/c17-10-15-11-20-8-7-18(15)16(19)14-6-5-12-3-1-2-4-13(12)9-14/h1-4,14-15H,5-11H2. The lowest BCUT2D eigenvalue weighted by atomic mass is 9.83. The van der Waals surface area contributed by atoms with E-state index in [1.807, 2.05) is 4.90 Å². The summed E-state index contributed by atoms with van der Waals surface area (Å²) in [6, 6.07) is 8.49. The fraction of sp³-hybridized carbons (Fsp3) is 0.562. The van der Waals surface area contributed by atoms with Crippen molar-refractivity contribution in [3.8, 4) is 0 Å². The molecule has 0 saturated carbocycles. The molecule has 108 valence electrons. The van der Waals surface area contributed by atoms with Gasteiger partial charge in [-0.25, -0.2) is 0 Å². The van der Waals surface area contributed by atoms with Gasteiger partial charge in [-0.15, -0.1) is 11.6 Å². The summed E-state index contributed by atoms with van der Waals surface area (Å²) in [5.41, 5.74) is 2.72. The van der Waals surface area contributed by atoms with Gasteiger partial charge < -0.3 is 9.64 Å². The van der Waals surface area contributed by atoms with Crippen molar-refractivity contribution in [3.05, 3.63) is 35.4 Å². The van der Waals surface area contributed by atoms with E-state index in [1.54, 1.807) is 0 Å².